The summed E-state index contributed by atoms with van der Waals surface area (Å²) in [5.74, 6) is 1.17. The summed E-state index contributed by atoms with van der Waals surface area (Å²) in [6.07, 6.45) is 10.7. The van der Waals surface area contributed by atoms with Gasteiger partial charge in [-0.3, -0.25) is 14.7 Å². The van der Waals surface area contributed by atoms with E-state index < -0.39 is 0 Å². The molecule has 124 valence electrons. The SMILES string of the molecule is Cc1ccc(C(=O)N2CCCCCC2=NC2CCCCC2)cc1. The lowest BCUT2D eigenvalue weighted by Crippen LogP contribution is -2.37. The van der Waals surface area contributed by atoms with Crippen LogP contribution in [0.5, 0.6) is 0 Å². The molecule has 3 nitrogen and oxygen atoms in total. The van der Waals surface area contributed by atoms with E-state index >= 15 is 0 Å². The number of nitrogens with zero attached hydrogens (tertiary/aromatic N) is 2. The van der Waals surface area contributed by atoms with Crippen LogP contribution in [0.3, 0.4) is 0 Å². The average molecular weight is 312 g/mol. The standard InChI is InChI=1S/C20H28N2O/c1-16-11-13-17(14-12-16)20(23)22-15-7-3-6-10-19(22)21-18-8-4-2-5-9-18/h11-14,18H,2-10,15H2,1H3. The van der Waals surface area contributed by atoms with Gasteiger partial charge in [-0.05, 0) is 44.7 Å². The van der Waals surface area contributed by atoms with Gasteiger partial charge in [0.1, 0.15) is 5.84 Å². The van der Waals surface area contributed by atoms with Crippen molar-refractivity contribution in [2.75, 3.05) is 6.54 Å². The minimum atomic E-state index is 0.126. The Bertz CT molecular complexity index is 556. The van der Waals surface area contributed by atoms with Crippen LogP contribution in [-0.4, -0.2) is 29.2 Å². The van der Waals surface area contributed by atoms with Crippen molar-refractivity contribution in [3.05, 3.63) is 35.4 Å². The van der Waals surface area contributed by atoms with Gasteiger partial charge in [0.15, 0.2) is 0 Å². The molecule has 1 saturated carbocycles. The van der Waals surface area contributed by atoms with Gasteiger partial charge in [0.2, 0.25) is 0 Å². The maximum absolute atomic E-state index is 13.0. The minimum absolute atomic E-state index is 0.126. The molecule has 0 bridgehead atoms. The molecule has 1 aliphatic heterocycles. The summed E-state index contributed by atoms with van der Waals surface area (Å²) in [7, 11) is 0. The van der Waals surface area contributed by atoms with Crippen LogP contribution < -0.4 is 0 Å². The molecular formula is C20H28N2O. The summed E-state index contributed by atoms with van der Waals surface area (Å²) in [6, 6.07) is 8.36. The maximum atomic E-state index is 13.0. The Morgan fingerprint density at radius 1 is 1.00 bits per heavy atom. The largest absolute Gasteiger partial charge is 0.297 e. The molecule has 0 unspecified atom stereocenters. The summed E-state index contributed by atoms with van der Waals surface area (Å²) in [5, 5.41) is 0. The van der Waals surface area contributed by atoms with Crippen molar-refractivity contribution < 1.29 is 4.79 Å². The second-order valence-corrected chi connectivity index (χ2v) is 6.97. The van der Waals surface area contributed by atoms with E-state index in [-0.39, 0.29) is 5.91 Å². The minimum Gasteiger partial charge on any atom is -0.297 e. The number of amides is 1. The number of rotatable bonds is 2. The number of benzene rings is 1. The van der Waals surface area contributed by atoms with Crippen LogP contribution in [-0.2, 0) is 0 Å². The highest BCUT2D eigenvalue weighted by atomic mass is 16.2. The molecular weight excluding hydrogens is 284 g/mol. The fourth-order valence-electron chi connectivity index (χ4n) is 3.62. The number of amidine groups is 1. The predicted molar refractivity (Wildman–Crippen MR) is 95.0 cm³/mol. The molecule has 3 heteroatoms. The molecule has 2 fully saturated rings. The molecule has 0 N–H and O–H groups in total. The second kappa shape index (κ2) is 7.76. The lowest BCUT2D eigenvalue weighted by atomic mass is 9.96. The van der Waals surface area contributed by atoms with Gasteiger partial charge in [-0.1, -0.05) is 43.4 Å². The average Bonchev–Trinajstić information content (AvgIpc) is 2.81. The molecule has 0 atom stereocenters. The van der Waals surface area contributed by atoms with E-state index in [0.717, 1.165) is 37.2 Å². The van der Waals surface area contributed by atoms with Crippen LogP contribution in [0.4, 0.5) is 0 Å². The van der Waals surface area contributed by atoms with E-state index in [2.05, 4.69) is 6.92 Å². The normalized spacial score (nSPS) is 22.1. The first-order valence-electron chi connectivity index (χ1n) is 9.19. The Hall–Kier alpha value is -1.64. The van der Waals surface area contributed by atoms with Gasteiger partial charge in [0.25, 0.3) is 5.91 Å². The van der Waals surface area contributed by atoms with Crippen molar-refractivity contribution in [1.29, 1.82) is 0 Å². The zero-order chi connectivity index (χ0) is 16.1. The number of aryl methyl sites for hydroxylation is 1. The number of aliphatic imine (C=N–C) groups is 1. The van der Waals surface area contributed by atoms with Gasteiger partial charge < -0.3 is 0 Å². The van der Waals surface area contributed by atoms with E-state index in [1.165, 1.54) is 44.1 Å². The fourth-order valence-corrected chi connectivity index (χ4v) is 3.62. The second-order valence-electron chi connectivity index (χ2n) is 6.97. The van der Waals surface area contributed by atoms with E-state index in [1.54, 1.807) is 0 Å². The van der Waals surface area contributed by atoms with Gasteiger partial charge in [0, 0.05) is 18.5 Å². The van der Waals surface area contributed by atoms with Gasteiger partial charge >= 0.3 is 0 Å². The van der Waals surface area contributed by atoms with Crippen LogP contribution >= 0.6 is 0 Å². The molecule has 0 aromatic heterocycles. The first kappa shape index (κ1) is 16.2. The highest BCUT2D eigenvalue weighted by molar-refractivity contribution is 6.06. The first-order valence-corrected chi connectivity index (χ1v) is 9.19. The van der Waals surface area contributed by atoms with Crippen LogP contribution in [0.2, 0.25) is 0 Å². The van der Waals surface area contributed by atoms with Gasteiger partial charge in [0.05, 0.1) is 6.04 Å². The summed E-state index contributed by atoms with van der Waals surface area (Å²) >= 11 is 0. The number of carbonyl (C=O) groups is 1. The molecule has 0 spiro atoms. The van der Waals surface area contributed by atoms with Gasteiger partial charge in [-0.2, -0.15) is 0 Å². The number of likely N-dealkylation sites (tertiary alicyclic amines) is 1. The monoisotopic (exact) mass is 312 g/mol. The van der Waals surface area contributed by atoms with E-state index in [0.29, 0.717) is 6.04 Å². The first-order chi connectivity index (χ1) is 11.2. The number of carbonyl (C=O) groups excluding carboxylic acids is 1. The highest BCUT2D eigenvalue weighted by Crippen LogP contribution is 2.23. The third-order valence-corrected chi connectivity index (χ3v) is 5.04. The Balaban J connectivity index is 1.81. The van der Waals surface area contributed by atoms with Crippen molar-refractivity contribution in [1.82, 2.24) is 4.90 Å². The molecule has 1 saturated heterocycles. The summed E-state index contributed by atoms with van der Waals surface area (Å²) in [6.45, 7) is 2.87. The summed E-state index contributed by atoms with van der Waals surface area (Å²) < 4.78 is 0. The summed E-state index contributed by atoms with van der Waals surface area (Å²) in [4.78, 5) is 19.9. The number of hydrogen-bond acceptors (Lipinski definition) is 2. The molecule has 1 amide bonds. The Labute approximate surface area is 139 Å². The van der Waals surface area contributed by atoms with Crippen LogP contribution in [0.15, 0.2) is 29.3 Å². The van der Waals surface area contributed by atoms with E-state index in [1.807, 2.05) is 29.2 Å². The third kappa shape index (κ3) is 4.21. The van der Waals surface area contributed by atoms with Crippen molar-refractivity contribution in [3.63, 3.8) is 0 Å². The maximum Gasteiger partial charge on any atom is 0.259 e. The zero-order valence-corrected chi connectivity index (χ0v) is 14.3. The molecule has 3 rings (SSSR count). The lowest BCUT2D eigenvalue weighted by molar-refractivity contribution is 0.0845. The molecule has 1 aromatic carbocycles. The van der Waals surface area contributed by atoms with Crippen molar-refractivity contribution in [3.8, 4) is 0 Å². The van der Waals surface area contributed by atoms with Crippen LogP contribution in [0, 0.1) is 6.92 Å². The van der Waals surface area contributed by atoms with Crippen LogP contribution in [0.1, 0.15) is 73.7 Å². The molecule has 2 aliphatic rings. The predicted octanol–water partition coefficient (Wildman–Crippen LogP) is 4.74. The van der Waals surface area contributed by atoms with Crippen LogP contribution in [0.25, 0.3) is 0 Å². The molecule has 1 aliphatic carbocycles. The fraction of sp³-hybridized carbons (Fsp3) is 0.600. The molecule has 1 heterocycles. The molecule has 23 heavy (non-hydrogen) atoms. The third-order valence-electron chi connectivity index (χ3n) is 5.04. The zero-order valence-electron chi connectivity index (χ0n) is 14.3. The van der Waals surface area contributed by atoms with E-state index in [4.69, 9.17) is 4.99 Å². The number of hydrogen-bond donors (Lipinski definition) is 0. The molecule has 1 aromatic rings. The van der Waals surface area contributed by atoms with E-state index in [9.17, 15) is 4.79 Å². The quantitative estimate of drug-likeness (QED) is 0.776. The van der Waals surface area contributed by atoms with Crippen molar-refractivity contribution >= 4 is 11.7 Å². The Morgan fingerprint density at radius 3 is 2.43 bits per heavy atom. The topological polar surface area (TPSA) is 32.7 Å². The van der Waals surface area contributed by atoms with Crippen molar-refractivity contribution in [2.24, 2.45) is 4.99 Å². The Kier molecular flexibility index (Phi) is 5.47. The van der Waals surface area contributed by atoms with Crippen molar-refractivity contribution in [2.45, 2.75) is 70.8 Å². The summed E-state index contributed by atoms with van der Waals surface area (Å²) in [5.41, 5.74) is 1.97. The Morgan fingerprint density at radius 2 is 1.70 bits per heavy atom. The van der Waals surface area contributed by atoms with Gasteiger partial charge in [-0.25, -0.2) is 0 Å². The van der Waals surface area contributed by atoms with Gasteiger partial charge in [-0.15, -0.1) is 0 Å². The molecule has 0 radical (unpaired) electrons. The smallest absolute Gasteiger partial charge is 0.259 e. The lowest BCUT2D eigenvalue weighted by Gasteiger charge is -2.25. The highest BCUT2D eigenvalue weighted by Gasteiger charge is 2.24.